The number of hydrogen-bond donors (Lipinski definition) is 1. The molecule has 0 spiro atoms. The number of nitrogens with one attached hydrogen (secondary N) is 1. The van der Waals surface area contributed by atoms with Gasteiger partial charge in [0.15, 0.2) is 5.82 Å². The molecule has 6 heteroatoms. The Balaban J connectivity index is 1.71. The maximum atomic E-state index is 4.74. The van der Waals surface area contributed by atoms with E-state index in [9.17, 15) is 0 Å². The van der Waals surface area contributed by atoms with E-state index in [-0.39, 0.29) is 0 Å². The molecule has 0 atom stereocenters. The zero-order valence-corrected chi connectivity index (χ0v) is 12.5. The topological polar surface area (TPSA) is 55.6 Å². The molecule has 0 unspecified atom stereocenters. The van der Waals surface area contributed by atoms with Crippen molar-refractivity contribution in [1.29, 1.82) is 0 Å². The lowest BCUT2D eigenvalue weighted by atomic mass is 10.2. The highest BCUT2D eigenvalue weighted by atomic mass is 32.1. The molecule has 0 saturated heterocycles. The minimum absolute atomic E-state index is 0.780. The fourth-order valence-corrected chi connectivity index (χ4v) is 3.29. The summed E-state index contributed by atoms with van der Waals surface area (Å²) in [6.07, 6.45) is 0. The summed E-state index contributed by atoms with van der Waals surface area (Å²) in [4.78, 5) is 4.74. The Labute approximate surface area is 126 Å². The second-order valence-corrected chi connectivity index (χ2v) is 6.03. The fourth-order valence-electron chi connectivity index (χ4n) is 2.49. The van der Waals surface area contributed by atoms with Gasteiger partial charge in [-0.3, -0.25) is 0 Å². The van der Waals surface area contributed by atoms with E-state index in [1.807, 2.05) is 0 Å². The third kappa shape index (κ3) is 2.26. The van der Waals surface area contributed by atoms with Gasteiger partial charge in [0.1, 0.15) is 16.5 Å². The molecule has 3 heterocycles. The Morgan fingerprint density at radius 3 is 2.90 bits per heavy atom. The smallest absolute Gasteiger partial charge is 0.183 e. The number of benzene rings is 1. The zero-order chi connectivity index (χ0) is 14.2. The van der Waals surface area contributed by atoms with Gasteiger partial charge in [0.2, 0.25) is 0 Å². The van der Waals surface area contributed by atoms with E-state index < -0.39 is 0 Å². The molecule has 5 nitrogen and oxygen atoms in total. The first-order chi connectivity index (χ1) is 10.3. The Morgan fingerprint density at radius 1 is 1.19 bits per heavy atom. The largest absolute Gasteiger partial charge is 0.308 e. The Bertz CT molecular complexity index is 772. The average Bonchev–Trinajstić information content (AvgIpc) is 3.14. The van der Waals surface area contributed by atoms with E-state index in [2.05, 4.69) is 56.7 Å². The third-order valence-electron chi connectivity index (χ3n) is 3.65. The molecular formula is C15H15N5S. The summed E-state index contributed by atoms with van der Waals surface area (Å²) in [6.45, 7) is 4.72. The first-order valence-electron chi connectivity index (χ1n) is 6.97. The average molecular weight is 297 g/mol. The second-order valence-electron chi connectivity index (χ2n) is 5.17. The van der Waals surface area contributed by atoms with E-state index in [0.717, 1.165) is 47.5 Å². The van der Waals surface area contributed by atoms with Crippen molar-refractivity contribution in [2.45, 2.75) is 20.0 Å². The second kappa shape index (κ2) is 5.05. The van der Waals surface area contributed by atoms with Gasteiger partial charge in [-0.05, 0) is 6.92 Å². The molecule has 1 aliphatic rings. The Kier molecular flexibility index (Phi) is 3.05. The highest BCUT2D eigenvalue weighted by Gasteiger charge is 2.18. The van der Waals surface area contributed by atoms with Crippen LogP contribution in [0.15, 0.2) is 29.6 Å². The van der Waals surface area contributed by atoms with Gasteiger partial charge < -0.3 is 9.88 Å². The summed E-state index contributed by atoms with van der Waals surface area (Å²) in [5, 5.41) is 14.9. The highest BCUT2D eigenvalue weighted by Crippen LogP contribution is 2.28. The summed E-state index contributed by atoms with van der Waals surface area (Å²) >= 11 is 1.65. The van der Waals surface area contributed by atoms with Gasteiger partial charge in [0, 0.05) is 24.0 Å². The van der Waals surface area contributed by atoms with E-state index in [1.54, 1.807) is 11.3 Å². The monoisotopic (exact) mass is 297 g/mol. The highest BCUT2D eigenvalue weighted by molar-refractivity contribution is 7.13. The van der Waals surface area contributed by atoms with Gasteiger partial charge in [-0.25, -0.2) is 4.98 Å². The zero-order valence-electron chi connectivity index (χ0n) is 11.7. The van der Waals surface area contributed by atoms with E-state index >= 15 is 0 Å². The van der Waals surface area contributed by atoms with Gasteiger partial charge in [-0.15, -0.1) is 21.5 Å². The third-order valence-corrected chi connectivity index (χ3v) is 4.55. The number of fused-ring (bicyclic) bond motifs is 1. The number of hydrogen-bond acceptors (Lipinski definition) is 5. The predicted octanol–water partition coefficient (Wildman–Crippen LogP) is 2.48. The lowest BCUT2D eigenvalue weighted by Gasteiger charge is -2.15. The summed E-state index contributed by atoms with van der Waals surface area (Å²) in [5.74, 6) is 1.86. The Hall–Kier alpha value is -2.05. The van der Waals surface area contributed by atoms with Gasteiger partial charge in [-0.1, -0.05) is 29.8 Å². The van der Waals surface area contributed by atoms with Crippen LogP contribution in [-0.2, 0) is 13.1 Å². The van der Waals surface area contributed by atoms with E-state index in [0.29, 0.717) is 0 Å². The molecule has 1 aromatic carbocycles. The van der Waals surface area contributed by atoms with Crippen LogP contribution in [0.1, 0.15) is 11.4 Å². The first kappa shape index (κ1) is 12.7. The maximum absolute atomic E-state index is 4.74. The molecule has 0 radical (unpaired) electrons. The normalized spacial score (nSPS) is 14.1. The molecule has 106 valence electrons. The molecule has 0 fully saturated rings. The van der Waals surface area contributed by atoms with Gasteiger partial charge in [0.05, 0.1) is 6.54 Å². The molecule has 1 aliphatic heterocycles. The summed E-state index contributed by atoms with van der Waals surface area (Å²) < 4.78 is 2.16. The number of nitrogens with zero attached hydrogens (tertiary/aromatic N) is 4. The van der Waals surface area contributed by atoms with E-state index in [4.69, 9.17) is 4.98 Å². The minimum Gasteiger partial charge on any atom is -0.308 e. The molecule has 0 bridgehead atoms. The van der Waals surface area contributed by atoms with Crippen molar-refractivity contribution < 1.29 is 0 Å². The first-order valence-corrected chi connectivity index (χ1v) is 7.85. The number of aromatic nitrogens is 4. The predicted molar refractivity (Wildman–Crippen MR) is 83.0 cm³/mol. The van der Waals surface area contributed by atoms with Crippen LogP contribution in [0.25, 0.3) is 22.1 Å². The number of rotatable bonds is 2. The maximum Gasteiger partial charge on any atom is 0.183 e. The van der Waals surface area contributed by atoms with Gasteiger partial charge >= 0.3 is 0 Å². The van der Waals surface area contributed by atoms with Crippen LogP contribution in [0.4, 0.5) is 0 Å². The minimum atomic E-state index is 0.780. The van der Waals surface area contributed by atoms with Gasteiger partial charge in [0.25, 0.3) is 0 Å². The molecule has 21 heavy (non-hydrogen) atoms. The van der Waals surface area contributed by atoms with Crippen LogP contribution in [-0.4, -0.2) is 26.3 Å². The SMILES string of the molecule is Cc1ccc(-c2nc(-c3nnc4n3CCNC4)cs2)cc1. The molecule has 2 aromatic heterocycles. The van der Waals surface area contributed by atoms with Crippen LogP contribution in [0.2, 0.25) is 0 Å². The molecule has 0 saturated carbocycles. The lowest BCUT2D eigenvalue weighted by Crippen LogP contribution is -2.28. The van der Waals surface area contributed by atoms with Crippen molar-refractivity contribution in [3.8, 4) is 22.1 Å². The summed E-state index contributed by atoms with van der Waals surface area (Å²) in [6, 6.07) is 8.45. The molecule has 3 aromatic rings. The Morgan fingerprint density at radius 2 is 2.05 bits per heavy atom. The molecule has 4 rings (SSSR count). The van der Waals surface area contributed by atoms with Crippen molar-refractivity contribution in [3.63, 3.8) is 0 Å². The number of aryl methyl sites for hydroxylation is 1. The molecule has 0 amide bonds. The van der Waals surface area contributed by atoms with Crippen LogP contribution in [0, 0.1) is 6.92 Å². The van der Waals surface area contributed by atoms with Crippen LogP contribution in [0.3, 0.4) is 0 Å². The van der Waals surface area contributed by atoms with Crippen molar-refractivity contribution >= 4 is 11.3 Å². The summed E-state index contributed by atoms with van der Waals surface area (Å²) in [7, 11) is 0. The van der Waals surface area contributed by atoms with Crippen molar-refractivity contribution in [2.24, 2.45) is 0 Å². The van der Waals surface area contributed by atoms with Crippen molar-refractivity contribution in [1.82, 2.24) is 25.1 Å². The lowest BCUT2D eigenvalue weighted by molar-refractivity contribution is 0.508. The quantitative estimate of drug-likeness (QED) is 0.789. The standard InChI is InChI=1S/C15H15N5S/c1-10-2-4-11(5-3-10)15-17-12(9-21-15)14-19-18-13-8-16-6-7-20(13)14/h2-5,9,16H,6-8H2,1H3. The van der Waals surface area contributed by atoms with Crippen LogP contribution >= 0.6 is 11.3 Å². The number of thiazole rings is 1. The van der Waals surface area contributed by atoms with E-state index in [1.165, 1.54) is 5.56 Å². The van der Waals surface area contributed by atoms with Crippen LogP contribution < -0.4 is 5.32 Å². The molecule has 0 aliphatic carbocycles. The van der Waals surface area contributed by atoms with Crippen LogP contribution in [0.5, 0.6) is 0 Å². The van der Waals surface area contributed by atoms with Gasteiger partial charge in [-0.2, -0.15) is 0 Å². The fraction of sp³-hybridized carbons (Fsp3) is 0.267. The van der Waals surface area contributed by atoms with Crippen molar-refractivity contribution in [3.05, 3.63) is 41.0 Å². The molecular weight excluding hydrogens is 282 g/mol. The molecule has 1 N–H and O–H groups in total. The summed E-state index contributed by atoms with van der Waals surface area (Å²) in [5.41, 5.74) is 3.32. The van der Waals surface area contributed by atoms with Crippen molar-refractivity contribution in [2.75, 3.05) is 6.54 Å².